The molecule has 0 unspecified atom stereocenters. The van der Waals surface area contributed by atoms with Crippen molar-refractivity contribution in [2.45, 2.75) is 13.5 Å². The van der Waals surface area contributed by atoms with Crippen LogP contribution in [0.3, 0.4) is 0 Å². The van der Waals surface area contributed by atoms with Crippen LogP contribution in [0.1, 0.15) is 21.5 Å². The van der Waals surface area contributed by atoms with Crippen molar-refractivity contribution in [3.05, 3.63) is 89.9 Å². The second-order valence-corrected chi connectivity index (χ2v) is 6.51. The Bertz CT molecular complexity index is 1100. The molecule has 2 N–H and O–H groups in total. The van der Waals surface area contributed by atoms with E-state index in [1.165, 1.54) is 5.56 Å². The number of anilines is 1. The van der Waals surface area contributed by atoms with Gasteiger partial charge in [0, 0.05) is 36.4 Å². The van der Waals surface area contributed by atoms with Gasteiger partial charge in [-0.05, 0) is 48.4 Å². The van der Waals surface area contributed by atoms with Crippen LogP contribution in [0.15, 0.2) is 73.2 Å². The number of imidazole rings is 1. The van der Waals surface area contributed by atoms with Crippen LogP contribution in [0.2, 0.25) is 0 Å². The summed E-state index contributed by atoms with van der Waals surface area (Å²) in [5, 5.41) is 12.4. The van der Waals surface area contributed by atoms with Gasteiger partial charge in [0.15, 0.2) is 0 Å². The van der Waals surface area contributed by atoms with Gasteiger partial charge in [-0.25, -0.2) is 9.78 Å². The maximum absolute atomic E-state index is 11.0. The van der Waals surface area contributed by atoms with Crippen LogP contribution in [0.4, 0.5) is 5.69 Å². The molecule has 4 rings (SSSR count). The Morgan fingerprint density at radius 3 is 2.52 bits per heavy atom. The molecule has 0 radical (unpaired) electrons. The molecule has 0 aliphatic carbocycles. The number of carboxylic acid groups (broad SMARTS) is 1. The third-order valence-electron chi connectivity index (χ3n) is 4.56. The molecule has 2 heterocycles. The van der Waals surface area contributed by atoms with E-state index >= 15 is 0 Å². The molecule has 2 aromatic carbocycles. The van der Waals surface area contributed by atoms with Crippen molar-refractivity contribution >= 4 is 17.3 Å². The van der Waals surface area contributed by atoms with Crippen LogP contribution >= 0.6 is 0 Å². The summed E-state index contributed by atoms with van der Waals surface area (Å²) in [7, 11) is 0. The Morgan fingerprint density at radius 1 is 1.07 bits per heavy atom. The molecule has 5 heteroatoms. The summed E-state index contributed by atoms with van der Waals surface area (Å²) >= 11 is 0. The number of carboxylic acids is 1. The highest BCUT2D eigenvalue weighted by atomic mass is 16.4. The van der Waals surface area contributed by atoms with Gasteiger partial charge in [-0.1, -0.05) is 29.8 Å². The van der Waals surface area contributed by atoms with E-state index in [9.17, 15) is 4.79 Å². The summed E-state index contributed by atoms with van der Waals surface area (Å²) in [4.78, 5) is 15.4. The first kappa shape index (κ1) is 16.8. The first-order chi connectivity index (χ1) is 13.1. The monoisotopic (exact) mass is 357 g/mol. The maximum atomic E-state index is 11.0. The predicted octanol–water partition coefficient (Wildman–Crippen LogP) is 4.62. The van der Waals surface area contributed by atoms with E-state index in [4.69, 9.17) is 5.11 Å². The van der Waals surface area contributed by atoms with Crippen LogP contribution < -0.4 is 5.32 Å². The largest absolute Gasteiger partial charge is 0.478 e. The molecule has 5 nitrogen and oxygen atoms in total. The van der Waals surface area contributed by atoms with Gasteiger partial charge in [-0.3, -0.25) is 0 Å². The molecule has 0 spiro atoms. The summed E-state index contributed by atoms with van der Waals surface area (Å²) in [6.07, 6.45) is 5.82. The fraction of sp³-hybridized carbons (Fsp3) is 0.0909. The highest BCUT2D eigenvalue weighted by Crippen LogP contribution is 2.24. The molecule has 0 atom stereocenters. The van der Waals surface area contributed by atoms with Crippen molar-refractivity contribution in [3.8, 4) is 11.1 Å². The molecule has 0 saturated heterocycles. The van der Waals surface area contributed by atoms with Crippen molar-refractivity contribution in [2.75, 3.05) is 5.32 Å². The number of hydrogen-bond donors (Lipinski definition) is 2. The molecule has 0 saturated carbocycles. The van der Waals surface area contributed by atoms with Gasteiger partial charge in [-0.2, -0.15) is 0 Å². The Hall–Kier alpha value is -3.60. The molecule has 27 heavy (non-hydrogen) atoms. The van der Waals surface area contributed by atoms with Crippen LogP contribution in [0, 0.1) is 6.92 Å². The summed E-state index contributed by atoms with van der Waals surface area (Å²) in [5.74, 6) is -0.925. The van der Waals surface area contributed by atoms with Gasteiger partial charge in [0.25, 0.3) is 0 Å². The molecule has 2 aromatic heterocycles. The Kier molecular flexibility index (Phi) is 4.34. The van der Waals surface area contributed by atoms with Crippen LogP contribution in [0.25, 0.3) is 16.8 Å². The number of pyridine rings is 1. The fourth-order valence-corrected chi connectivity index (χ4v) is 3.07. The summed E-state index contributed by atoms with van der Waals surface area (Å²) in [6.45, 7) is 2.67. The molecule has 134 valence electrons. The van der Waals surface area contributed by atoms with Crippen molar-refractivity contribution in [2.24, 2.45) is 0 Å². The fourth-order valence-electron chi connectivity index (χ4n) is 3.07. The number of benzene rings is 2. The van der Waals surface area contributed by atoms with E-state index < -0.39 is 5.97 Å². The molecule has 0 amide bonds. The number of carbonyl (C=O) groups is 1. The van der Waals surface area contributed by atoms with Gasteiger partial charge in [0.2, 0.25) is 0 Å². The average molecular weight is 357 g/mol. The Labute approximate surface area is 156 Å². The van der Waals surface area contributed by atoms with E-state index in [1.807, 2.05) is 10.6 Å². The SMILES string of the molecule is Cc1ccc(-c2cc(CNc3ccc(C(=O)O)cc3)c3nccn3c2)cc1. The zero-order valence-corrected chi connectivity index (χ0v) is 14.9. The van der Waals surface area contributed by atoms with Crippen molar-refractivity contribution in [3.63, 3.8) is 0 Å². The van der Waals surface area contributed by atoms with Gasteiger partial charge < -0.3 is 14.8 Å². The number of nitrogens with zero attached hydrogens (tertiary/aromatic N) is 2. The lowest BCUT2D eigenvalue weighted by molar-refractivity contribution is 0.0697. The minimum atomic E-state index is -0.925. The minimum Gasteiger partial charge on any atom is -0.478 e. The third-order valence-corrected chi connectivity index (χ3v) is 4.56. The van der Waals surface area contributed by atoms with Gasteiger partial charge >= 0.3 is 5.97 Å². The second kappa shape index (κ2) is 6.96. The maximum Gasteiger partial charge on any atom is 0.335 e. The highest BCUT2D eigenvalue weighted by molar-refractivity contribution is 5.88. The molecular formula is C22H19N3O2. The molecule has 0 aliphatic rings. The van der Waals surface area contributed by atoms with E-state index in [-0.39, 0.29) is 5.56 Å². The van der Waals surface area contributed by atoms with Gasteiger partial charge in [-0.15, -0.1) is 0 Å². The summed E-state index contributed by atoms with van der Waals surface area (Å²) in [6, 6.07) is 17.3. The summed E-state index contributed by atoms with van der Waals surface area (Å²) < 4.78 is 2.03. The molecule has 4 aromatic rings. The third kappa shape index (κ3) is 3.53. The van der Waals surface area contributed by atoms with Crippen molar-refractivity contribution in [1.29, 1.82) is 0 Å². The van der Waals surface area contributed by atoms with E-state index in [0.29, 0.717) is 6.54 Å². The lowest BCUT2D eigenvalue weighted by Gasteiger charge is -2.11. The highest BCUT2D eigenvalue weighted by Gasteiger charge is 2.08. The lowest BCUT2D eigenvalue weighted by Crippen LogP contribution is -2.03. The van der Waals surface area contributed by atoms with Crippen LogP contribution in [-0.2, 0) is 6.54 Å². The van der Waals surface area contributed by atoms with E-state index in [1.54, 1.807) is 30.5 Å². The topological polar surface area (TPSA) is 66.6 Å². The predicted molar refractivity (Wildman–Crippen MR) is 106 cm³/mol. The second-order valence-electron chi connectivity index (χ2n) is 6.51. The molecule has 0 aliphatic heterocycles. The average Bonchev–Trinajstić information content (AvgIpc) is 3.15. The van der Waals surface area contributed by atoms with Gasteiger partial charge in [0.1, 0.15) is 5.65 Å². The Balaban J connectivity index is 1.63. The zero-order chi connectivity index (χ0) is 18.8. The van der Waals surface area contributed by atoms with E-state index in [2.05, 4.69) is 53.8 Å². The number of aromatic carboxylic acids is 1. The quantitative estimate of drug-likeness (QED) is 0.547. The first-order valence-electron chi connectivity index (χ1n) is 8.70. The number of aryl methyl sites for hydroxylation is 1. The number of rotatable bonds is 5. The Morgan fingerprint density at radius 2 is 1.81 bits per heavy atom. The van der Waals surface area contributed by atoms with Crippen molar-refractivity contribution < 1.29 is 9.90 Å². The van der Waals surface area contributed by atoms with E-state index in [0.717, 1.165) is 28.0 Å². The molecule has 0 bridgehead atoms. The van der Waals surface area contributed by atoms with Crippen LogP contribution in [-0.4, -0.2) is 20.5 Å². The zero-order valence-electron chi connectivity index (χ0n) is 14.9. The first-order valence-corrected chi connectivity index (χ1v) is 8.70. The summed E-state index contributed by atoms with van der Waals surface area (Å²) in [5.41, 5.74) is 6.62. The minimum absolute atomic E-state index is 0.276. The van der Waals surface area contributed by atoms with Crippen molar-refractivity contribution in [1.82, 2.24) is 9.38 Å². The smallest absolute Gasteiger partial charge is 0.335 e. The molecule has 0 fully saturated rings. The number of nitrogens with one attached hydrogen (secondary N) is 1. The van der Waals surface area contributed by atoms with Crippen LogP contribution in [0.5, 0.6) is 0 Å². The lowest BCUT2D eigenvalue weighted by atomic mass is 10.0. The molecular weight excluding hydrogens is 338 g/mol. The number of hydrogen-bond acceptors (Lipinski definition) is 3. The van der Waals surface area contributed by atoms with Gasteiger partial charge in [0.05, 0.1) is 5.56 Å². The normalized spacial score (nSPS) is 10.9. The number of aromatic nitrogens is 2. The number of fused-ring (bicyclic) bond motifs is 1. The standard InChI is InChI=1S/C22H19N3O2/c1-15-2-4-16(5-3-15)19-12-18(21-23-10-11-25(21)14-19)13-24-20-8-6-17(7-9-20)22(26)27/h2-12,14,24H,13H2,1H3,(H,26,27).